The average Bonchev–Trinajstić information content (AvgIpc) is 2.87. The second-order valence-corrected chi connectivity index (χ2v) is 5.66. The first-order valence-corrected chi connectivity index (χ1v) is 7.45. The van der Waals surface area contributed by atoms with Crippen LogP contribution >= 0.6 is 11.8 Å². The van der Waals surface area contributed by atoms with E-state index in [1.165, 1.54) is 5.56 Å². The number of para-hydroxylation sites is 1. The summed E-state index contributed by atoms with van der Waals surface area (Å²) in [5.74, 6) is 1.75. The maximum atomic E-state index is 5.36. The highest BCUT2D eigenvalue weighted by molar-refractivity contribution is 7.98. The van der Waals surface area contributed by atoms with E-state index in [4.69, 9.17) is 4.74 Å². The van der Waals surface area contributed by atoms with Gasteiger partial charge in [0.05, 0.1) is 12.8 Å². The molecule has 3 nitrogen and oxygen atoms in total. The lowest BCUT2D eigenvalue weighted by Gasteiger charge is -2.06. The standard InChI is InChI=1S/C16H16N2OS/c1-12-7-8-16-17-13(10-18(16)9-12)11-20-15-6-4-3-5-14(15)19-2/h3-10H,11H2,1-2H3. The van der Waals surface area contributed by atoms with Crippen LogP contribution in [0.5, 0.6) is 5.75 Å². The molecule has 0 saturated carbocycles. The van der Waals surface area contributed by atoms with E-state index < -0.39 is 0 Å². The zero-order chi connectivity index (χ0) is 13.9. The molecule has 0 unspecified atom stereocenters. The number of imidazole rings is 1. The third-order valence-corrected chi connectivity index (χ3v) is 4.18. The van der Waals surface area contributed by atoms with E-state index in [2.05, 4.69) is 40.8 Å². The molecule has 0 fully saturated rings. The molecular weight excluding hydrogens is 268 g/mol. The van der Waals surface area contributed by atoms with Crippen LogP contribution in [-0.2, 0) is 5.75 Å². The summed E-state index contributed by atoms with van der Waals surface area (Å²) in [6.45, 7) is 2.09. The van der Waals surface area contributed by atoms with Crippen molar-refractivity contribution in [2.75, 3.05) is 7.11 Å². The molecule has 0 saturated heterocycles. The molecule has 1 aromatic carbocycles. The minimum Gasteiger partial charge on any atom is -0.496 e. The molecule has 2 aromatic heterocycles. The lowest BCUT2D eigenvalue weighted by Crippen LogP contribution is -1.86. The van der Waals surface area contributed by atoms with Gasteiger partial charge in [-0.15, -0.1) is 11.8 Å². The number of nitrogens with zero attached hydrogens (tertiary/aromatic N) is 2. The van der Waals surface area contributed by atoms with Gasteiger partial charge in [-0.3, -0.25) is 0 Å². The number of fused-ring (bicyclic) bond motifs is 1. The highest BCUT2D eigenvalue weighted by atomic mass is 32.2. The van der Waals surface area contributed by atoms with Gasteiger partial charge < -0.3 is 9.14 Å². The fraction of sp³-hybridized carbons (Fsp3) is 0.188. The highest BCUT2D eigenvalue weighted by Crippen LogP contribution is 2.30. The van der Waals surface area contributed by atoms with Crippen LogP contribution in [0.15, 0.2) is 53.7 Å². The second kappa shape index (κ2) is 5.59. The summed E-state index contributed by atoms with van der Waals surface area (Å²) in [5.41, 5.74) is 3.30. The van der Waals surface area contributed by atoms with E-state index in [0.717, 1.165) is 27.7 Å². The van der Waals surface area contributed by atoms with Crippen molar-refractivity contribution in [3.05, 3.63) is 60.0 Å². The van der Waals surface area contributed by atoms with E-state index in [-0.39, 0.29) is 0 Å². The van der Waals surface area contributed by atoms with Crippen molar-refractivity contribution in [3.63, 3.8) is 0 Å². The minimum atomic E-state index is 0.834. The van der Waals surface area contributed by atoms with E-state index in [1.807, 2.05) is 24.3 Å². The Morgan fingerprint density at radius 1 is 1.15 bits per heavy atom. The van der Waals surface area contributed by atoms with Crippen LogP contribution in [0, 0.1) is 6.92 Å². The van der Waals surface area contributed by atoms with Crippen LogP contribution < -0.4 is 4.74 Å². The molecule has 0 aliphatic carbocycles. The number of aryl methyl sites for hydroxylation is 1. The monoisotopic (exact) mass is 284 g/mol. The summed E-state index contributed by atoms with van der Waals surface area (Å²) in [5, 5.41) is 0. The molecule has 0 amide bonds. The van der Waals surface area contributed by atoms with Crippen molar-refractivity contribution >= 4 is 17.4 Å². The molecule has 0 spiro atoms. The van der Waals surface area contributed by atoms with Crippen molar-refractivity contribution < 1.29 is 4.74 Å². The SMILES string of the molecule is COc1ccccc1SCc1cn2cc(C)ccc2n1. The van der Waals surface area contributed by atoms with Crippen molar-refractivity contribution in [1.29, 1.82) is 0 Å². The Morgan fingerprint density at radius 2 is 2.00 bits per heavy atom. The minimum absolute atomic E-state index is 0.834. The predicted octanol–water partition coefficient (Wildman–Crippen LogP) is 3.94. The van der Waals surface area contributed by atoms with Gasteiger partial charge in [0.1, 0.15) is 11.4 Å². The lowest BCUT2D eigenvalue weighted by atomic mass is 10.3. The van der Waals surface area contributed by atoms with Gasteiger partial charge >= 0.3 is 0 Å². The first kappa shape index (κ1) is 13.1. The van der Waals surface area contributed by atoms with Crippen LogP contribution in [0.4, 0.5) is 0 Å². The topological polar surface area (TPSA) is 26.5 Å². The predicted molar refractivity (Wildman–Crippen MR) is 82.5 cm³/mol. The van der Waals surface area contributed by atoms with Gasteiger partial charge in [0.25, 0.3) is 0 Å². The fourth-order valence-electron chi connectivity index (χ4n) is 2.11. The number of hydrogen-bond acceptors (Lipinski definition) is 3. The lowest BCUT2D eigenvalue weighted by molar-refractivity contribution is 0.405. The Hall–Kier alpha value is -1.94. The van der Waals surface area contributed by atoms with Gasteiger partial charge in [-0.2, -0.15) is 0 Å². The molecule has 3 aromatic rings. The summed E-state index contributed by atoms with van der Waals surface area (Å²) in [7, 11) is 1.70. The van der Waals surface area contributed by atoms with Crippen molar-refractivity contribution in [1.82, 2.24) is 9.38 Å². The molecule has 0 aliphatic rings. The molecule has 0 bridgehead atoms. The van der Waals surface area contributed by atoms with E-state index in [1.54, 1.807) is 18.9 Å². The van der Waals surface area contributed by atoms with Gasteiger partial charge in [-0.1, -0.05) is 18.2 Å². The smallest absolute Gasteiger partial charge is 0.137 e. The number of pyridine rings is 1. The molecule has 0 radical (unpaired) electrons. The Bertz CT molecular complexity index is 736. The molecule has 3 rings (SSSR count). The molecule has 2 heterocycles. The Balaban J connectivity index is 1.79. The maximum Gasteiger partial charge on any atom is 0.137 e. The van der Waals surface area contributed by atoms with Crippen molar-refractivity contribution in [3.8, 4) is 5.75 Å². The summed E-state index contributed by atoms with van der Waals surface area (Å²) in [4.78, 5) is 5.77. The molecule has 0 N–H and O–H groups in total. The largest absolute Gasteiger partial charge is 0.496 e. The van der Waals surface area contributed by atoms with E-state index >= 15 is 0 Å². The number of rotatable bonds is 4. The molecule has 102 valence electrons. The first-order chi connectivity index (χ1) is 9.76. The second-order valence-electron chi connectivity index (χ2n) is 4.64. The number of benzene rings is 1. The summed E-state index contributed by atoms with van der Waals surface area (Å²) in [6, 6.07) is 12.2. The van der Waals surface area contributed by atoms with Crippen molar-refractivity contribution in [2.45, 2.75) is 17.6 Å². The number of methoxy groups -OCH3 is 1. The van der Waals surface area contributed by atoms with Crippen LogP contribution in [0.2, 0.25) is 0 Å². The number of aromatic nitrogens is 2. The molecular formula is C16H16N2OS. The first-order valence-electron chi connectivity index (χ1n) is 6.46. The maximum absolute atomic E-state index is 5.36. The highest BCUT2D eigenvalue weighted by Gasteiger charge is 2.06. The Kier molecular flexibility index (Phi) is 3.65. The normalized spacial score (nSPS) is 10.9. The van der Waals surface area contributed by atoms with Crippen LogP contribution in [0.25, 0.3) is 5.65 Å². The van der Waals surface area contributed by atoms with Gasteiger partial charge in [0, 0.05) is 23.0 Å². The van der Waals surface area contributed by atoms with Gasteiger partial charge in [0.15, 0.2) is 0 Å². The summed E-state index contributed by atoms with van der Waals surface area (Å²) >= 11 is 1.74. The molecule has 4 heteroatoms. The van der Waals surface area contributed by atoms with E-state index in [9.17, 15) is 0 Å². The van der Waals surface area contributed by atoms with Crippen molar-refractivity contribution in [2.24, 2.45) is 0 Å². The quantitative estimate of drug-likeness (QED) is 0.679. The number of thioether (sulfide) groups is 1. The Morgan fingerprint density at radius 3 is 2.85 bits per heavy atom. The summed E-state index contributed by atoms with van der Waals surface area (Å²) < 4.78 is 7.44. The van der Waals surface area contributed by atoms with Gasteiger partial charge in [0.2, 0.25) is 0 Å². The summed E-state index contributed by atoms with van der Waals surface area (Å²) in [6.07, 6.45) is 4.18. The zero-order valence-corrected chi connectivity index (χ0v) is 12.4. The molecule has 0 atom stereocenters. The third kappa shape index (κ3) is 2.65. The molecule has 0 aliphatic heterocycles. The van der Waals surface area contributed by atoms with Gasteiger partial charge in [-0.05, 0) is 30.7 Å². The van der Waals surface area contributed by atoms with E-state index in [0.29, 0.717) is 0 Å². The van der Waals surface area contributed by atoms with Crippen LogP contribution in [0.1, 0.15) is 11.3 Å². The molecule has 20 heavy (non-hydrogen) atoms. The zero-order valence-electron chi connectivity index (χ0n) is 11.5. The number of ether oxygens (including phenoxy) is 1. The third-order valence-electron chi connectivity index (χ3n) is 3.09. The van der Waals surface area contributed by atoms with Crippen LogP contribution in [-0.4, -0.2) is 16.5 Å². The fourth-order valence-corrected chi connectivity index (χ4v) is 3.03. The van der Waals surface area contributed by atoms with Gasteiger partial charge in [-0.25, -0.2) is 4.98 Å². The Labute approximate surface area is 122 Å². The average molecular weight is 284 g/mol. The number of hydrogen-bond donors (Lipinski definition) is 0. The van der Waals surface area contributed by atoms with Crippen LogP contribution in [0.3, 0.4) is 0 Å².